The van der Waals surface area contributed by atoms with Crippen molar-refractivity contribution in [3.63, 3.8) is 0 Å². The number of rotatable bonds is 3. The van der Waals surface area contributed by atoms with E-state index in [2.05, 4.69) is 77.8 Å². The average molecular weight is 363 g/mol. The summed E-state index contributed by atoms with van der Waals surface area (Å²) in [5.74, 6) is 0. The van der Waals surface area contributed by atoms with Gasteiger partial charge in [0, 0.05) is 6.20 Å². The largest absolute Gasteiger partial charge is 0.258 e. The SMILES string of the molecule is FCc1cc(-c2c3ccccc3c(-c3ccccc3)c3ccccc23)ccn1. The maximum atomic E-state index is 13.3. The Morgan fingerprint density at radius 3 is 1.61 bits per heavy atom. The van der Waals surface area contributed by atoms with E-state index in [9.17, 15) is 4.39 Å². The smallest absolute Gasteiger partial charge is 0.131 e. The second kappa shape index (κ2) is 6.90. The van der Waals surface area contributed by atoms with Crippen molar-refractivity contribution in [1.82, 2.24) is 4.98 Å². The number of aromatic nitrogens is 1. The predicted octanol–water partition coefficient (Wildman–Crippen LogP) is 7.19. The lowest BCUT2D eigenvalue weighted by molar-refractivity contribution is 0.476. The number of halogens is 1. The minimum atomic E-state index is -0.564. The molecule has 1 aromatic heterocycles. The van der Waals surface area contributed by atoms with Crippen LogP contribution in [0.2, 0.25) is 0 Å². The molecule has 0 unspecified atom stereocenters. The van der Waals surface area contributed by atoms with Crippen molar-refractivity contribution >= 4 is 21.5 Å². The van der Waals surface area contributed by atoms with Gasteiger partial charge in [-0.25, -0.2) is 4.39 Å². The lowest BCUT2D eigenvalue weighted by Gasteiger charge is -2.17. The van der Waals surface area contributed by atoms with Gasteiger partial charge < -0.3 is 0 Å². The molecule has 0 atom stereocenters. The summed E-state index contributed by atoms with van der Waals surface area (Å²) in [6, 6.07) is 31.2. The molecule has 0 radical (unpaired) electrons. The first-order valence-corrected chi connectivity index (χ1v) is 9.37. The molecule has 1 nitrogen and oxygen atoms in total. The predicted molar refractivity (Wildman–Crippen MR) is 115 cm³/mol. The molecule has 0 aliphatic heterocycles. The third-order valence-electron chi connectivity index (χ3n) is 5.24. The third-order valence-corrected chi connectivity index (χ3v) is 5.24. The van der Waals surface area contributed by atoms with Crippen LogP contribution in [0.5, 0.6) is 0 Å². The number of fused-ring (bicyclic) bond motifs is 2. The average Bonchev–Trinajstić information content (AvgIpc) is 2.78. The van der Waals surface area contributed by atoms with Crippen molar-refractivity contribution < 1.29 is 4.39 Å². The molecule has 0 fully saturated rings. The first-order chi connectivity index (χ1) is 13.9. The van der Waals surface area contributed by atoms with Crippen LogP contribution in [0.1, 0.15) is 5.69 Å². The summed E-state index contributed by atoms with van der Waals surface area (Å²) in [5, 5.41) is 4.72. The molecule has 134 valence electrons. The van der Waals surface area contributed by atoms with E-state index in [0.717, 1.165) is 21.9 Å². The van der Waals surface area contributed by atoms with Crippen molar-refractivity contribution in [2.75, 3.05) is 0 Å². The molecule has 0 spiro atoms. The Hall–Kier alpha value is -3.52. The summed E-state index contributed by atoms with van der Waals surface area (Å²) in [6.45, 7) is -0.564. The standard InChI is InChI=1S/C26H18FN/c27-17-20-16-19(14-15-28-20)26-23-12-6-4-10-21(23)25(18-8-2-1-3-9-18)22-11-5-7-13-24(22)26/h1-16H,17H2. The van der Waals surface area contributed by atoms with E-state index >= 15 is 0 Å². The topological polar surface area (TPSA) is 12.9 Å². The number of benzene rings is 4. The number of hydrogen-bond donors (Lipinski definition) is 0. The number of nitrogens with zero attached hydrogens (tertiary/aromatic N) is 1. The Labute approximate surface area is 163 Å². The molecule has 0 aliphatic rings. The van der Waals surface area contributed by atoms with E-state index in [0.29, 0.717) is 5.69 Å². The number of alkyl halides is 1. The second-order valence-corrected chi connectivity index (χ2v) is 6.88. The van der Waals surface area contributed by atoms with Crippen molar-refractivity contribution in [1.29, 1.82) is 0 Å². The maximum Gasteiger partial charge on any atom is 0.131 e. The monoisotopic (exact) mass is 363 g/mol. The van der Waals surface area contributed by atoms with Gasteiger partial charge in [0.25, 0.3) is 0 Å². The normalized spacial score (nSPS) is 11.2. The van der Waals surface area contributed by atoms with E-state index in [4.69, 9.17) is 0 Å². The van der Waals surface area contributed by atoms with Crippen LogP contribution in [0.4, 0.5) is 4.39 Å². The molecular formula is C26H18FN. The minimum absolute atomic E-state index is 0.456. The molecule has 5 aromatic rings. The van der Waals surface area contributed by atoms with Gasteiger partial charge >= 0.3 is 0 Å². The van der Waals surface area contributed by atoms with Gasteiger partial charge in [-0.3, -0.25) is 4.98 Å². The maximum absolute atomic E-state index is 13.3. The molecule has 28 heavy (non-hydrogen) atoms. The van der Waals surface area contributed by atoms with E-state index in [1.807, 2.05) is 18.2 Å². The first-order valence-electron chi connectivity index (χ1n) is 9.37. The highest BCUT2D eigenvalue weighted by atomic mass is 19.1. The lowest BCUT2D eigenvalue weighted by atomic mass is 9.86. The fourth-order valence-electron chi connectivity index (χ4n) is 4.06. The van der Waals surface area contributed by atoms with Crippen LogP contribution in [-0.4, -0.2) is 4.98 Å². The highest BCUT2D eigenvalue weighted by Crippen LogP contribution is 2.43. The van der Waals surface area contributed by atoms with E-state index in [1.165, 1.54) is 21.9 Å². The van der Waals surface area contributed by atoms with Crippen molar-refractivity contribution in [3.8, 4) is 22.3 Å². The van der Waals surface area contributed by atoms with E-state index in [1.54, 1.807) is 6.20 Å². The summed E-state index contributed by atoms with van der Waals surface area (Å²) >= 11 is 0. The van der Waals surface area contributed by atoms with Crippen molar-refractivity contribution in [3.05, 3.63) is 103 Å². The zero-order chi connectivity index (χ0) is 18.9. The van der Waals surface area contributed by atoms with Crippen LogP contribution >= 0.6 is 0 Å². The van der Waals surface area contributed by atoms with Gasteiger partial charge in [0.15, 0.2) is 0 Å². The molecule has 5 rings (SSSR count). The van der Waals surface area contributed by atoms with Crippen LogP contribution in [0.25, 0.3) is 43.8 Å². The van der Waals surface area contributed by atoms with E-state index < -0.39 is 6.67 Å². The molecule has 0 saturated carbocycles. The van der Waals surface area contributed by atoms with Crippen LogP contribution in [0.15, 0.2) is 97.2 Å². The summed E-state index contributed by atoms with van der Waals surface area (Å²) in [7, 11) is 0. The van der Waals surface area contributed by atoms with Crippen LogP contribution in [0.3, 0.4) is 0 Å². The number of hydrogen-bond acceptors (Lipinski definition) is 1. The summed E-state index contributed by atoms with van der Waals surface area (Å²) in [4.78, 5) is 4.13. The Balaban J connectivity index is 1.97. The number of pyridine rings is 1. The highest BCUT2D eigenvalue weighted by Gasteiger charge is 2.16. The third kappa shape index (κ3) is 2.66. The molecule has 1 heterocycles. The molecular weight excluding hydrogens is 345 g/mol. The summed E-state index contributed by atoms with van der Waals surface area (Å²) < 4.78 is 13.3. The Bertz CT molecular complexity index is 1240. The van der Waals surface area contributed by atoms with Crippen molar-refractivity contribution in [2.24, 2.45) is 0 Å². The fourth-order valence-corrected chi connectivity index (χ4v) is 4.06. The highest BCUT2D eigenvalue weighted by molar-refractivity contribution is 6.21. The molecule has 0 amide bonds. The van der Waals surface area contributed by atoms with Gasteiger partial charge in [-0.2, -0.15) is 0 Å². The molecule has 0 saturated heterocycles. The Kier molecular flexibility index (Phi) is 4.10. The van der Waals surface area contributed by atoms with Crippen LogP contribution in [-0.2, 0) is 6.67 Å². The summed E-state index contributed by atoms with van der Waals surface area (Å²) in [5.41, 5.74) is 5.01. The zero-order valence-electron chi connectivity index (χ0n) is 15.3. The second-order valence-electron chi connectivity index (χ2n) is 6.88. The van der Waals surface area contributed by atoms with Gasteiger partial charge in [-0.1, -0.05) is 78.9 Å². The van der Waals surface area contributed by atoms with Crippen molar-refractivity contribution in [2.45, 2.75) is 6.67 Å². The van der Waals surface area contributed by atoms with Gasteiger partial charge in [-0.15, -0.1) is 0 Å². The van der Waals surface area contributed by atoms with E-state index in [-0.39, 0.29) is 0 Å². The quantitative estimate of drug-likeness (QED) is 0.309. The molecule has 0 N–H and O–H groups in total. The van der Waals surface area contributed by atoms with Gasteiger partial charge in [0.05, 0.1) is 5.69 Å². The van der Waals surface area contributed by atoms with Gasteiger partial charge in [0.1, 0.15) is 6.67 Å². The molecule has 2 heteroatoms. The zero-order valence-corrected chi connectivity index (χ0v) is 15.3. The first kappa shape index (κ1) is 16.6. The molecule has 0 aliphatic carbocycles. The molecule has 4 aromatic carbocycles. The summed E-state index contributed by atoms with van der Waals surface area (Å²) in [6.07, 6.45) is 1.69. The Morgan fingerprint density at radius 2 is 1.07 bits per heavy atom. The molecule has 0 bridgehead atoms. The Morgan fingerprint density at radius 1 is 0.571 bits per heavy atom. The van der Waals surface area contributed by atoms with Crippen LogP contribution in [0, 0.1) is 0 Å². The minimum Gasteiger partial charge on any atom is -0.258 e. The van der Waals surface area contributed by atoms with Gasteiger partial charge in [-0.05, 0) is 55.9 Å². The fraction of sp³-hybridized carbons (Fsp3) is 0.0385. The van der Waals surface area contributed by atoms with Gasteiger partial charge in [0.2, 0.25) is 0 Å². The van der Waals surface area contributed by atoms with Crippen LogP contribution < -0.4 is 0 Å². The lowest BCUT2D eigenvalue weighted by Crippen LogP contribution is -1.92.